The maximum atomic E-state index is 13.6. The molecule has 5 nitrogen and oxygen atoms in total. The molecule has 0 spiro atoms. The molecule has 27 heavy (non-hydrogen) atoms. The zero-order valence-corrected chi connectivity index (χ0v) is 14.7. The number of ketones is 1. The summed E-state index contributed by atoms with van der Waals surface area (Å²) in [6.45, 7) is 1.97. The fourth-order valence-electron chi connectivity index (χ4n) is 2.54. The first-order valence-corrected chi connectivity index (χ1v) is 8.43. The Morgan fingerprint density at radius 1 is 1.30 bits per heavy atom. The first-order chi connectivity index (χ1) is 13.1. The number of rotatable bonds is 6. The van der Waals surface area contributed by atoms with Crippen molar-refractivity contribution in [2.45, 2.75) is 19.8 Å². The van der Waals surface area contributed by atoms with Crippen LogP contribution in [-0.2, 0) is 11.2 Å². The van der Waals surface area contributed by atoms with E-state index in [1.54, 1.807) is 24.4 Å². The third kappa shape index (κ3) is 4.33. The summed E-state index contributed by atoms with van der Waals surface area (Å²) >= 11 is 0. The summed E-state index contributed by atoms with van der Waals surface area (Å²) in [5.74, 6) is 2.35. The van der Waals surface area contributed by atoms with Gasteiger partial charge in [-0.2, -0.15) is 0 Å². The van der Waals surface area contributed by atoms with Crippen molar-refractivity contribution >= 4 is 28.2 Å². The average Bonchev–Trinajstić information content (AvgIpc) is 2.68. The van der Waals surface area contributed by atoms with E-state index in [1.165, 1.54) is 18.5 Å². The summed E-state index contributed by atoms with van der Waals surface area (Å²) in [6, 6.07) is 6.18. The highest BCUT2D eigenvalue weighted by Crippen LogP contribution is 2.24. The summed E-state index contributed by atoms with van der Waals surface area (Å²) in [4.78, 5) is 24.7. The number of halogens is 1. The van der Waals surface area contributed by atoms with Crippen LogP contribution in [0.3, 0.4) is 0 Å². The Kier molecular flexibility index (Phi) is 5.53. The summed E-state index contributed by atoms with van der Waals surface area (Å²) < 4.78 is 13.6. The van der Waals surface area contributed by atoms with Gasteiger partial charge in [-0.05, 0) is 36.8 Å². The van der Waals surface area contributed by atoms with Gasteiger partial charge in [0.05, 0.1) is 23.7 Å². The molecule has 1 aromatic carbocycles. The summed E-state index contributed by atoms with van der Waals surface area (Å²) in [5, 5.41) is 3.83. The van der Waals surface area contributed by atoms with E-state index in [1.807, 2.05) is 13.0 Å². The molecule has 0 saturated carbocycles. The predicted octanol–water partition coefficient (Wildman–Crippen LogP) is 3.97. The number of benzene rings is 1. The molecule has 2 heterocycles. The number of nitrogens with one attached hydrogen (secondary N) is 1. The molecule has 0 aliphatic heterocycles. The zero-order chi connectivity index (χ0) is 19.2. The van der Waals surface area contributed by atoms with Crippen LogP contribution in [-0.4, -0.2) is 20.7 Å². The third-order valence-electron chi connectivity index (χ3n) is 3.86. The van der Waals surface area contributed by atoms with Gasteiger partial charge in [-0.3, -0.25) is 9.78 Å². The van der Waals surface area contributed by atoms with E-state index >= 15 is 0 Å². The number of nitrogens with zero attached hydrogens (tertiary/aromatic N) is 3. The van der Waals surface area contributed by atoms with E-state index < -0.39 is 5.82 Å². The summed E-state index contributed by atoms with van der Waals surface area (Å²) in [5.41, 5.74) is 2.01. The number of hydrogen-bond acceptors (Lipinski definition) is 5. The highest BCUT2D eigenvalue weighted by atomic mass is 19.1. The molecular formula is C21H17FN4O. The molecule has 3 aromatic rings. The second kappa shape index (κ2) is 8.19. The van der Waals surface area contributed by atoms with E-state index in [0.717, 1.165) is 6.42 Å². The van der Waals surface area contributed by atoms with Crippen molar-refractivity contribution in [3.63, 3.8) is 0 Å². The lowest BCUT2D eigenvalue weighted by Crippen LogP contribution is -2.03. The minimum atomic E-state index is -0.458. The second-order valence-electron chi connectivity index (χ2n) is 5.83. The molecule has 0 bridgehead atoms. The van der Waals surface area contributed by atoms with E-state index in [9.17, 15) is 9.18 Å². The van der Waals surface area contributed by atoms with Crippen molar-refractivity contribution in [2.24, 2.45) is 0 Å². The van der Waals surface area contributed by atoms with E-state index in [2.05, 4.69) is 26.2 Å². The third-order valence-corrected chi connectivity index (χ3v) is 3.86. The SMILES string of the molecule is C#Cc1cc(Nc2ncnc3cnc(CC(=O)/C=C/CC)cc23)ccc1F. The fraction of sp³-hybridized carbons (Fsp3) is 0.143. The smallest absolute Gasteiger partial charge is 0.161 e. The Morgan fingerprint density at radius 3 is 2.93 bits per heavy atom. The first-order valence-electron chi connectivity index (χ1n) is 8.43. The Hall–Kier alpha value is -3.59. The van der Waals surface area contributed by atoms with E-state index in [0.29, 0.717) is 28.1 Å². The first kappa shape index (κ1) is 18.2. The van der Waals surface area contributed by atoms with Crippen LogP contribution >= 0.6 is 0 Å². The molecule has 6 heteroatoms. The van der Waals surface area contributed by atoms with Crippen molar-refractivity contribution < 1.29 is 9.18 Å². The lowest BCUT2D eigenvalue weighted by Gasteiger charge is -2.10. The van der Waals surface area contributed by atoms with Crippen molar-refractivity contribution in [3.8, 4) is 12.3 Å². The Bertz CT molecular complexity index is 1070. The molecule has 3 rings (SSSR count). The van der Waals surface area contributed by atoms with E-state index in [-0.39, 0.29) is 17.8 Å². The molecule has 1 N–H and O–H groups in total. The van der Waals surface area contributed by atoms with Crippen LogP contribution in [0.1, 0.15) is 24.6 Å². The van der Waals surface area contributed by atoms with Gasteiger partial charge in [0.2, 0.25) is 0 Å². The number of allylic oxidation sites excluding steroid dienone is 2. The molecule has 0 fully saturated rings. The number of fused-ring (bicyclic) bond motifs is 1. The van der Waals surface area contributed by atoms with Gasteiger partial charge < -0.3 is 5.32 Å². The molecule has 2 aromatic heterocycles. The van der Waals surface area contributed by atoms with Crippen molar-refractivity contribution in [1.29, 1.82) is 0 Å². The van der Waals surface area contributed by atoms with Gasteiger partial charge >= 0.3 is 0 Å². The van der Waals surface area contributed by atoms with Crippen LogP contribution in [0.25, 0.3) is 10.9 Å². The molecule has 134 valence electrons. The van der Waals surface area contributed by atoms with Gasteiger partial charge in [0.15, 0.2) is 5.78 Å². The largest absolute Gasteiger partial charge is 0.340 e. The molecule has 0 radical (unpaired) electrons. The van der Waals surface area contributed by atoms with Gasteiger partial charge in [0, 0.05) is 16.8 Å². The number of carbonyl (C=O) groups is 1. The van der Waals surface area contributed by atoms with Crippen LogP contribution in [0.4, 0.5) is 15.9 Å². The molecule has 0 saturated heterocycles. The van der Waals surface area contributed by atoms with Gasteiger partial charge in [0.1, 0.15) is 18.0 Å². The fourth-order valence-corrected chi connectivity index (χ4v) is 2.54. The topological polar surface area (TPSA) is 67.8 Å². The highest BCUT2D eigenvalue weighted by Gasteiger charge is 2.09. The lowest BCUT2D eigenvalue weighted by molar-refractivity contribution is -0.114. The Labute approximate surface area is 156 Å². The number of hydrogen-bond donors (Lipinski definition) is 1. The standard InChI is InChI=1S/C21H17FN4O/c1-3-5-6-17(27)10-16-11-18-20(12-23-16)24-13-25-21(18)26-15-7-8-19(22)14(4-2)9-15/h2,5-9,11-13H,3,10H2,1H3,(H,24,25,26)/b6-5+. The van der Waals surface area contributed by atoms with Gasteiger partial charge in [-0.25, -0.2) is 14.4 Å². The molecule has 0 aliphatic rings. The van der Waals surface area contributed by atoms with Crippen LogP contribution < -0.4 is 5.32 Å². The lowest BCUT2D eigenvalue weighted by atomic mass is 10.1. The Balaban J connectivity index is 1.93. The van der Waals surface area contributed by atoms with Gasteiger partial charge in [-0.15, -0.1) is 6.42 Å². The van der Waals surface area contributed by atoms with E-state index in [4.69, 9.17) is 6.42 Å². The van der Waals surface area contributed by atoms with Crippen LogP contribution in [0.15, 0.2) is 48.9 Å². The van der Waals surface area contributed by atoms with Gasteiger partial charge in [-0.1, -0.05) is 18.9 Å². The summed E-state index contributed by atoms with van der Waals surface area (Å²) in [7, 11) is 0. The number of carbonyl (C=O) groups excluding carboxylic acids is 1. The van der Waals surface area contributed by atoms with Crippen LogP contribution in [0.5, 0.6) is 0 Å². The van der Waals surface area contributed by atoms with Crippen LogP contribution in [0, 0.1) is 18.2 Å². The van der Waals surface area contributed by atoms with Crippen LogP contribution in [0.2, 0.25) is 0 Å². The van der Waals surface area contributed by atoms with Crippen molar-refractivity contribution in [3.05, 3.63) is 66.0 Å². The minimum absolute atomic E-state index is 0.0211. The average molecular weight is 360 g/mol. The Morgan fingerprint density at radius 2 is 2.15 bits per heavy atom. The predicted molar refractivity (Wildman–Crippen MR) is 103 cm³/mol. The number of pyridine rings is 1. The molecule has 0 aliphatic carbocycles. The molecule has 0 atom stereocenters. The number of terminal acetylenes is 1. The van der Waals surface area contributed by atoms with Crippen molar-refractivity contribution in [1.82, 2.24) is 15.0 Å². The molecule has 0 amide bonds. The number of aromatic nitrogens is 3. The maximum absolute atomic E-state index is 13.6. The second-order valence-corrected chi connectivity index (χ2v) is 5.83. The highest BCUT2D eigenvalue weighted by molar-refractivity contribution is 5.93. The van der Waals surface area contributed by atoms with Crippen molar-refractivity contribution in [2.75, 3.05) is 5.32 Å². The quantitative estimate of drug-likeness (QED) is 0.532. The normalized spacial score (nSPS) is 10.9. The monoisotopic (exact) mass is 360 g/mol. The summed E-state index contributed by atoms with van der Waals surface area (Å²) in [6.07, 6.45) is 12.7. The van der Waals surface area contributed by atoms with Gasteiger partial charge in [0.25, 0.3) is 0 Å². The number of anilines is 2. The molecule has 0 unspecified atom stereocenters. The minimum Gasteiger partial charge on any atom is -0.340 e. The maximum Gasteiger partial charge on any atom is 0.161 e. The zero-order valence-electron chi connectivity index (χ0n) is 14.7. The molecular weight excluding hydrogens is 343 g/mol.